The van der Waals surface area contributed by atoms with E-state index in [-0.39, 0.29) is 11.5 Å². The zero-order valence-electron chi connectivity index (χ0n) is 13.8. The molecule has 7 heteroatoms. The van der Waals surface area contributed by atoms with Gasteiger partial charge in [-0.15, -0.1) is 0 Å². The Morgan fingerprint density at radius 2 is 1.78 bits per heavy atom. The van der Waals surface area contributed by atoms with Crippen LogP contribution in [0.3, 0.4) is 0 Å². The van der Waals surface area contributed by atoms with Gasteiger partial charge in [-0.25, -0.2) is 13.2 Å². The lowest BCUT2D eigenvalue weighted by atomic mass is 9.94. The third kappa shape index (κ3) is 4.45. The summed E-state index contributed by atoms with van der Waals surface area (Å²) in [6.45, 7) is 7.25. The molecule has 0 aliphatic carbocycles. The number of nitrogens with one attached hydrogen (secondary N) is 1. The normalized spacial score (nSPS) is 22.6. The molecule has 128 valence electrons. The van der Waals surface area contributed by atoms with E-state index in [4.69, 9.17) is 4.74 Å². The first-order valence-electron chi connectivity index (χ1n) is 7.87. The molecule has 0 radical (unpaired) electrons. The van der Waals surface area contributed by atoms with Gasteiger partial charge in [-0.2, -0.15) is 4.31 Å². The minimum absolute atomic E-state index is 0.244. The average molecular weight is 340 g/mol. The Hall–Kier alpha value is -1.60. The summed E-state index contributed by atoms with van der Waals surface area (Å²) in [6, 6.07) is 6.17. The molecule has 1 amide bonds. The maximum Gasteiger partial charge on any atom is 0.411 e. The van der Waals surface area contributed by atoms with E-state index in [1.54, 1.807) is 23.4 Å². The molecular formula is C16H24N2O4S. The molecule has 23 heavy (non-hydrogen) atoms. The zero-order chi connectivity index (χ0) is 17.0. The molecule has 1 saturated heterocycles. The SMILES string of the molecule is CCOC(=O)Nc1ccc(S(=O)(=O)N2C[C@@H](C)C[C@H](C)C2)cc1. The maximum atomic E-state index is 12.7. The van der Waals surface area contributed by atoms with Crippen LogP contribution in [0.25, 0.3) is 0 Å². The number of hydrogen-bond acceptors (Lipinski definition) is 4. The fourth-order valence-corrected chi connectivity index (χ4v) is 4.63. The van der Waals surface area contributed by atoms with Gasteiger partial charge in [0, 0.05) is 18.8 Å². The van der Waals surface area contributed by atoms with Crippen molar-refractivity contribution >= 4 is 21.8 Å². The van der Waals surface area contributed by atoms with Gasteiger partial charge < -0.3 is 4.74 Å². The minimum atomic E-state index is -3.49. The molecule has 0 aromatic heterocycles. The van der Waals surface area contributed by atoms with Crippen LogP contribution in [0.15, 0.2) is 29.2 Å². The van der Waals surface area contributed by atoms with Gasteiger partial charge >= 0.3 is 6.09 Å². The molecule has 1 aromatic carbocycles. The number of hydrogen-bond donors (Lipinski definition) is 1. The molecule has 1 fully saturated rings. The fraction of sp³-hybridized carbons (Fsp3) is 0.562. The van der Waals surface area contributed by atoms with Gasteiger partial charge in [-0.3, -0.25) is 5.32 Å². The van der Waals surface area contributed by atoms with E-state index in [2.05, 4.69) is 19.2 Å². The van der Waals surface area contributed by atoms with Crippen LogP contribution in [0, 0.1) is 11.8 Å². The Labute approximate surface area is 137 Å². The van der Waals surface area contributed by atoms with Crippen LogP contribution < -0.4 is 5.32 Å². The van der Waals surface area contributed by atoms with Gasteiger partial charge in [-0.05, 0) is 49.4 Å². The maximum absolute atomic E-state index is 12.7. The van der Waals surface area contributed by atoms with Crippen LogP contribution in [-0.4, -0.2) is 38.5 Å². The van der Waals surface area contributed by atoms with Crippen molar-refractivity contribution in [3.05, 3.63) is 24.3 Å². The largest absolute Gasteiger partial charge is 0.450 e. The number of anilines is 1. The third-order valence-corrected chi connectivity index (χ3v) is 5.70. The fourth-order valence-electron chi connectivity index (χ4n) is 2.95. The van der Waals surface area contributed by atoms with Gasteiger partial charge in [0.2, 0.25) is 10.0 Å². The van der Waals surface area contributed by atoms with Crippen molar-refractivity contribution in [1.82, 2.24) is 4.31 Å². The molecule has 2 rings (SSSR count). The molecule has 6 nitrogen and oxygen atoms in total. The summed E-state index contributed by atoms with van der Waals surface area (Å²) in [6.07, 6.45) is 0.496. The molecule has 1 aliphatic rings. The van der Waals surface area contributed by atoms with Gasteiger partial charge in [0.25, 0.3) is 0 Å². The summed E-state index contributed by atoms with van der Waals surface area (Å²) in [7, 11) is -3.49. The highest BCUT2D eigenvalue weighted by molar-refractivity contribution is 7.89. The van der Waals surface area contributed by atoms with Crippen molar-refractivity contribution in [2.75, 3.05) is 25.0 Å². The van der Waals surface area contributed by atoms with Crippen molar-refractivity contribution in [3.63, 3.8) is 0 Å². The first kappa shape index (κ1) is 17.7. The number of carbonyl (C=O) groups excluding carboxylic acids is 1. The summed E-state index contributed by atoms with van der Waals surface area (Å²) in [5.74, 6) is 0.719. The first-order valence-corrected chi connectivity index (χ1v) is 9.31. The second kappa shape index (κ2) is 7.31. The van der Waals surface area contributed by atoms with E-state index >= 15 is 0 Å². The average Bonchev–Trinajstić information content (AvgIpc) is 2.47. The molecule has 0 bridgehead atoms. The lowest BCUT2D eigenvalue weighted by molar-refractivity contribution is 0.168. The smallest absolute Gasteiger partial charge is 0.411 e. The van der Waals surface area contributed by atoms with Gasteiger partial charge in [0.15, 0.2) is 0 Å². The van der Waals surface area contributed by atoms with E-state index in [1.165, 1.54) is 12.1 Å². The quantitative estimate of drug-likeness (QED) is 0.914. The highest BCUT2D eigenvalue weighted by Gasteiger charge is 2.31. The highest BCUT2D eigenvalue weighted by atomic mass is 32.2. The number of nitrogens with zero attached hydrogens (tertiary/aromatic N) is 1. The van der Waals surface area contributed by atoms with Crippen molar-refractivity contribution in [2.24, 2.45) is 11.8 Å². The lowest BCUT2D eigenvalue weighted by Crippen LogP contribution is -2.42. The number of ether oxygens (including phenoxy) is 1. The Bertz CT molecular complexity index is 633. The standard InChI is InChI=1S/C16H24N2O4S/c1-4-22-16(19)17-14-5-7-15(8-6-14)23(20,21)18-10-12(2)9-13(3)11-18/h5-8,12-13H,4,9-11H2,1-3H3,(H,17,19)/t12-,13-/m0/s1. The minimum Gasteiger partial charge on any atom is -0.450 e. The van der Waals surface area contributed by atoms with Crippen LogP contribution in [0.2, 0.25) is 0 Å². The zero-order valence-corrected chi connectivity index (χ0v) is 14.6. The van der Waals surface area contributed by atoms with Crippen LogP contribution in [0.4, 0.5) is 10.5 Å². The highest BCUT2D eigenvalue weighted by Crippen LogP contribution is 2.27. The summed E-state index contributed by atoms with van der Waals surface area (Å²) >= 11 is 0. The Balaban J connectivity index is 2.12. The van der Waals surface area contributed by atoms with Crippen molar-refractivity contribution in [2.45, 2.75) is 32.1 Å². The monoisotopic (exact) mass is 340 g/mol. The molecular weight excluding hydrogens is 316 g/mol. The molecule has 0 spiro atoms. The van der Waals surface area contributed by atoms with Crippen LogP contribution in [0.5, 0.6) is 0 Å². The second-order valence-electron chi connectivity index (χ2n) is 6.14. The molecule has 1 aromatic rings. The predicted molar refractivity (Wildman–Crippen MR) is 88.8 cm³/mol. The molecule has 1 heterocycles. The summed E-state index contributed by atoms with van der Waals surface area (Å²) < 4.78 is 31.8. The van der Waals surface area contributed by atoms with Crippen LogP contribution >= 0.6 is 0 Å². The number of sulfonamides is 1. The van der Waals surface area contributed by atoms with Gasteiger partial charge in [0.1, 0.15) is 0 Å². The number of amides is 1. The van der Waals surface area contributed by atoms with E-state index < -0.39 is 16.1 Å². The third-order valence-electron chi connectivity index (χ3n) is 3.85. The van der Waals surface area contributed by atoms with Gasteiger partial charge in [0.05, 0.1) is 11.5 Å². The number of rotatable bonds is 4. The summed E-state index contributed by atoms with van der Waals surface area (Å²) in [5, 5.41) is 2.55. The van der Waals surface area contributed by atoms with E-state index in [0.717, 1.165) is 6.42 Å². The summed E-state index contributed by atoms with van der Waals surface area (Å²) in [4.78, 5) is 11.6. The Kier molecular flexibility index (Phi) is 5.64. The topological polar surface area (TPSA) is 75.7 Å². The predicted octanol–water partition coefficient (Wildman–Crippen LogP) is 2.92. The van der Waals surface area contributed by atoms with Gasteiger partial charge in [-0.1, -0.05) is 13.8 Å². The molecule has 1 aliphatic heterocycles. The second-order valence-corrected chi connectivity index (χ2v) is 8.08. The van der Waals surface area contributed by atoms with E-state index in [9.17, 15) is 13.2 Å². The Morgan fingerprint density at radius 3 is 2.30 bits per heavy atom. The number of carbonyl (C=O) groups is 1. The Morgan fingerprint density at radius 1 is 1.22 bits per heavy atom. The van der Waals surface area contributed by atoms with Crippen LogP contribution in [0.1, 0.15) is 27.2 Å². The van der Waals surface area contributed by atoms with Crippen LogP contribution in [-0.2, 0) is 14.8 Å². The summed E-state index contributed by atoms with van der Waals surface area (Å²) in [5.41, 5.74) is 0.503. The van der Waals surface area contributed by atoms with Crippen molar-refractivity contribution in [3.8, 4) is 0 Å². The van der Waals surface area contributed by atoms with E-state index in [0.29, 0.717) is 30.6 Å². The molecule has 2 atom stereocenters. The molecule has 0 saturated carbocycles. The van der Waals surface area contributed by atoms with E-state index in [1.807, 2.05) is 0 Å². The first-order chi connectivity index (χ1) is 10.8. The molecule has 0 unspecified atom stereocenters. The molecule has 1 N–H and O–H groups in total. The number of piperidine rings is 1. The number of benzene rings is 1. The van der Waals surface area contributed by atoms with Crippen molar-refractivity contribution in [1.29, 1.82) is 0 Å². The lowest BCUT2D eigenvalue weighted by Gasteiger charge is -2.34. The van der Waals surface area contributed by atoms with Crippen molar-refractivity contribution < 1.29 is 17.9 Å².